The van der Waals surface area contributed by atoms with E-state index in [4.69, 9.17) is 15.4 Å². The molecule has 3 atom stereocenters. The highest BCUT2D eigenvalue weighted by atomic mass is 32.1. The molecule has 1 saturated carbocycles. The number of thiophene rings is 1. The fourth-order valence-corrected chi connectivity index (χ4v) is 5.26. The van der Waals surface area contributed by atoms with E-state index in [1.165, 1.54) is 0 Å². The summed E-state index contributed by atoms with van der Waals surface area (Å²) in [6.45, 7) is 10.1. The number of aryl methyl sites for hydroxylation is 2. The second-order valence-corrected chi connectivity index (χ2v) is 9.39. The maximum absolute atomic E-state index is 13.7. The molecule has 2 aliphatic rings. The summed E-state index contributed by atoms with van der Waals surface area (Å²) in [6, 6.07) is 2.47. The van der Waals surface area contributed by atoms with E-state index in [1.807, 2.05) is 19.1 Å². The van der Waals surface area contributed by atoms with Crippen LogP contribution < -0.4 is 5.32 Å². The lowest BCUT2D eigenvalue weighted by molar-refractivity contribution is 0.452. The van der Waals surface area contributed by atoms with Crippen LogP contribution in [0.15, 0.2) is 24.3 Å². The second-order valence-electron chi connectivity index (χ2n) is 8.34. The Hall–Kier alpha value is -2.34. The summed E-state index contributed by atoms with van der Waals surface area (Å²) >= 11 is 1.67. The van der Waals surface area contributed by atoms with Crippen LogP contribution in [0.4, 0.5) is 10.2 Å². The molecule has 2 heterocycles. The highest BCUT2D eigenvalue weighted by Crippen LogP contribution is 2.49. The third-order valence-corrected chi connectivity index (χ3v) is 7.37. The van der Waals surface area contributed by atoms with Crippen LogP contribution in [-0.2, 0) is 0 Å². The first-order valence-electron chi connectivity index (χ1n) is 10.7. The van der Waals surface area contributed by atoms with Gasteiger partial charge in [0.15, 0.2) is 5.82 Å². The van der Waals surface area contributed by atoms with Gasteiger partial charge >= 0.3 is 0 Å². The monoisotopic (exact) mass is 424 g/mol. The number of fused-ring (bicyclic) bond motifs is 1. The summed E-state index contributed by atoms with van der Waals surface area (Å²) in [5.41, 5.74) is 4.91. The van der Waals surface area contributed by atoms with E-state index in [0.29, 0.717) is 23.3 Å². The quantitative estimate of drug-likeness (QED) is 0.509. The fraction of sp³-hybridized carbons (Fsp3) is 0.458. The topological polar surface area (TPSA) is 61.7 Å². The van der Waals surface area contributed by atoms with E-state index < -0.39 is 6.17 Å². The van der Waals surface area contributed by atoms with Gasteiger partial charge in [-0.2, -0.15) is 0 Å². The summed E-state index contributed by atoms with van der Waals surface area (Å²) in [4.78, 5) is 11.9. The predicted octanol–water partition coefficient (Wildman–Crippen LogP) is 6.35. The fourth-order valence-electron chi connectivity index (χ4n) is 4.04. The number of nitrogens with zero attached hydrogens (tertiary/aromatic N) is 2. The van der Waals surface area contributed by atoms with E-state index in [0.717, 1.165) is 45.1 Å². The van der Waals surface area contributed by atoms with Crippen LogP contribution in [0.3, 0.4) is 0 Å². The maximum Gasteiger partial charge on any atom is 0.154 e. The van der Waals surface area contributed by atoms with Crippen LogP contribution in [0, 0.1) is 31.1 Å². The first-order valence-corrected chi connectivity index (χ1v) is 11.5. The molecule has 6 heteroatoms. The molecule has 0 bridgehead atoms. The van der Waals surface area contributed by atoms with Crippen molar-refractivity contribution in [3.05, 3.63) is 46.1 Å². The van der Waals surface area contributed by atoms with Gasteiger partial charge in [0, 0.05) is 22.8 Å². The van der Waals surface area contributed by atoms with Crippen LogP contribution in [0.5, 0.6) is 0 Å². The first-order chi connectivity index (χ1) is 14.3. The van der Waals surface area contributed by atoms with Gasteiger partial charge < -0.3 is 10.7 Å². The van der Waals surface area contributed by atoms with Gasteiger partial charge in [0.2, 0.25) is 0 Å². The average molecular weight is 425 g/mol. The SMILES string of the molecule is CCC(CC)Nc1nc(C)c(-c2sc(C3=CC4C(F)C4C=C3)cc2C)nc1C(C)=N. The highest BCUT2D eigenvalue weighted by Gasteiger charge is 2.49. The van der Waals surface area contributed by atoms with Gasteiger partial charge in [-0.1, -0.05) is 32.1 Å². The van der Waals surface area contributed by atoms with Crippen molar-refractivity contribution in [3.63, 3.8) is 0 Å². The zero-order valence-corrected chi connectivity index (χ0v) is 19.0. The Morgan fingerprint density at radius 3 is 2.60 bits per heavy atom. The maximum atomic E-state index is 13.7. The van der Waals surface area contributed by atoms with Gasteiger partial charge in [0.1, 0.15) is 17.6 Å². The second kappa shape index (κ2) is 8.06. The van der Waals surface area contributed by atoms with Crippen molar-refractivity contribution < 1.29 is 4.39 Å². The number of hydrogen-bond donors (Lipinski definition) is 2. The van der Waals surface area contributed by atoms with Crippen molar-refractivity contribution in [1.29, 1.82) is 5.41 Å². The molecule has 0 amide bonds. The molecule has 1 fully saturated rings. The molecule has 0 aliphatic heterocycles. The lowest BCUT2D eigenvalue weighted by atomic mass is 10.1. The summed E-state index contributed by atoms with van der Waals surface area (Å²) < 4.78 is 13.7. The van der Waals surface area contributed by atoms with Gasteiger partial charge in [-0.25, -0.2) is 14.4 Å². The molecule has 2 N–H and O–H groups in total. The highest BCUT2D eigenvalue weighted by molar-refractivity contribution is 7.16. The van der Waals surface area contributed by atoms with Crippen LogP contribution in [-0.4, -0.2) is 27.9 Å². The number of anilines is 1. The average Bonchev–Trinajstić information content (AvgIpc) is 3.20. The molecule has 3 unspecified atom stereocenters. The summed E-state index contributed by atoms with van der Waals surface area (Å²) in [7, 11) is 0. The molecule has 4 rings (SSSR count). The Morgan fingerprint density at radius 1 is 1.23 bits per heavy atom. The van der Waals surface area contributed by atoms with Crippen molar-refractivity contribution in [3.8, 4) is 10.6 Å². The summed E-state index contributed by atoms with van der Waals surface area (Å²) in [5, 5.41) is 11.7. The van der Waals surface area contributed by atoms with Crippen molar-refractivity contribution in [2.45, 2.75) is 59.7 Å². The number of allylic oxidation sites excluding steroid dienone is 4. The van der Waals surface area contributed by atoms with Crippen LogP contribution in [0.2, 0.25) is 0 Å². The molecule has 0 aromatic carbocycles. The summed E-state index contributed by atoms with van der Waals surface area (Å²) in [5.74, 6) is 0.814. The van der Waals surface area contributed by atoms with Crippen LogP contribution in [0.25, 0.3) is 16.1 Å². The normalized spacial score (nSPS) is 22.1. The molecule has 0 saturated heterocycles. The zero-order valence-electron chi connectivity index (χ0n) is 18.2. The molecular weight excluding hydrogens is 395 g/mol. The van der Waals surface area contributed by atoms with Crippen molar-refractivity contribution >= 4 is 28.4 Å². The van der Waals surface area contributed by atoms with Gasteiger partial charge in [-0.05, 0) is 50.8 Å². The van der Waals surface area contributed by atoms with Gasteiger partial charge in [-0.15, -0.1) is 11.3 Å². The Balaban J connectivity index is 1.71. The van der Waals surface area contributed by atoms with E-state index in [1.54, 1.807) is 18.3 Å². The largest absolute Gasteiger partial charge is 0.366 e. The summed E-state index contributed by atoms with van der Waals surface area (Å²) in [6.07, 6.45) is 7.38. The number of rotatable bonds is 7. The number of alkyl halides is 1. The molecule has 2 aliphatic carbocycles. The van der Waals surface area contributed by atoms with Crippen molar-refractivity contribution in [2.24, 2.45) is 11.8 Å². The molecule has 0 spiro atoms. The molecule has 2 aromatic heterocycles. The number of nitrogens with one attached hydrogen (secondary N) is 2. The van der Waals surface area contributed by atoms with Crippen molar-refractivity contribution in [1.82, 2.24) is 9.97 Å². The zero-order chi connectivity index (χ0) is 21.6. The van der Waals surface area contributed by atoms with E-state index in [-0.39, 0.29) is 11.8 Å². The van der Waals surface area contributed by atoms with Crippen LogP contribution in [0.1, 0.15) is 55.4 Å². The third kappa shape index (κ3) is 3.73. The Labute approximate surface area is 181 Å². The minimum absolute atomic E-state index is 0.0417. The third-order valence-electron chi connectivity index (χ3n) is 6.08. The standard InChI is InChI=1S/C24H29FN4S/c1-6-16(7-2)28-24-21(13(4)26)29-22(14(5)27-24)23-12(3)10-19(30-23)15-8-9-17-18(11-15)20(17)25/h8-11,16-18,20,26H,6-7H2,1-5H3,(H,27,28). The minimum Gasteiger partial charge on any atom is -0.366 e. The Kier molecular flexibility index (Phi) is 5.62. The Bertz CT molecular complexity index is 1050. The van der Waals surface area contributed by atoms with Gasteiger partial charge in [-0.3, -0.25) is 0 Å². The molecule has 30 heavy (non-hydrogen) atoms. The predicted molar refractivity (Wildman–Crippen MR) is 124 cm³/mol. The molecular formula is C24H29FN4S. The molecule has 2 aromatic rings. The van der Waals surface area contributed by atoms with Crippen molar-refractivity contribution in [2.75, 3.05) is 5.32 Å². The van der Waals surface area contributed by atoms with Crippen LogP contribution >= 0.6 is 11.3 Å². The first kappa shape index (κ1) is 20.9. The lowest BCUT2D eigenvalue weighted by Gasteiger charge is -2.19. The van der Waals surface area contributed by atoms with E-state index in [9.17, 15) is 4.39 Å². The van der Waals surface area contributed by atoms with E-state index in [2.05, 4.69) is 38.2 Å². The van der Waals surface area contributed by atoms with E-state index >= 15 is 0 Å². The minimum atomic E-state index is -0.722. The number of aromatic nitrogens is 2. The molecule has 4 nitrogen and oxygen atoms in total. The number of hydrogen-bond acceptors (Lipinski definition) is 5. The molecule has 158 valence electrons. The number of halogens is 1. The van der Waals surface area contributed by atoms with Gasteiger partial charge in [0.25, 0.3) is 0 Å². The Morgan fingerprint density at radius 2 is 1.97 bits per heavy atom. The molecule has 0 radical (unpaired) electrons. The van der Waals surface area contributed by atoms with Gasteiger partial charge in [0.05, 0.1) is 16.3 Å². The lowest BCUT2D eigenvalue weighted by Crippen LogP contribution is -2.21. The smallest absolute Gasteiger partial charge is 0.154 e.